The summed E-state index contributed by atoms with van der Waals surface area (Å²) in [5.41, 5.74) is 1.57. The van der Waals surface area contributed by atoms with E-state index in [1.807, 2.05) is 6.92 Å². The predicted molar refractivity (Wildman–Crippen MR) is 83.4 cm³/mol. The molecule has 5 nitrogen and oxygen atoms in total. The van der Waals surface area contributed by atoms with Gasteiger partial charge in [-0.15, -0.1) is 0 Å². The Morgan fingerprint density at radius 3 is 2.55 bits per heavy atom. The van der Waals surface area contributed by atoms with E-state index in [1.165, 1.54) is 6.21 Å². The molecule has 0 spiro atoms. The highest BCUT2D eigenvalue weighted by Crippen LogP contribution is 2.32. The van der Waals surface area contributed by atoms with E-state index < -0.39 is 10.0 Å². The Balaban J connectivity index is 1.92. The van der Waals surface area contributed by atoms with E-state index in [4.69, 9.17) is 9.47 Å². The minimum Gasteiger partial charge on any atom is -0.486 e. The zero-order valence-corrected chi connectivity index (χ0v) is 12.8. The lowest BCUT2D eigenvalue weighted by Gasteiger charge is -2.19. The van der Waals surface area contributed by atoms with Crippen molar-refractivity contribution in [2.24, 2.45) is 4.40 Å². The SMILES string of the molecule is Cc1ccc(S(=O)(=O)/N=C/c2cccc3c2OCCO3)cc1. The largest absolute Gasteiger partial charge is 0.486 e. The second kappa shape index (κ2) is 5.81. The van der Waals surface area contributed by atoms with Crippen LogP contribution in [0.3, 0.4) is 0 Å². The Morgan fingerprint density at radius 1 is 1.05 bits per heavy atom. The zero-order chi connectivity index (χ0) is 15.6. The first-order chi connectivity index (χ1) is 10.6. The number of hydrogen-bond acceptors (Lipinski definition) is 4. The summed E-state index contributed by atoms with van der Waals surface area (Å²) >= 11 is 0. The molecule has 0 saturated carbocycles. The number of hydrogen-bond donors (Lipinski definition) is 0. The molecule has 0 N–H and O–H groups in total. The lowest BCUT2D eigenvalue weighted by atomic mass is 10.2. The summed E-state index contributed by atoms with van der Waals surface area (Å²) in [6.45, 7) is 2.81. The molecule has 0 atom stereocenters. The van der Waals surface area contributed by atoms with Crippen LogP contribution in [-0.4, -0.2) is 27.8 Å². The number of aryl methyl sites for hydroxylation is 1. The summed E-state index contributed by atoms with van der Waals surface area (Å²) in [6, 6.07) is 11.9. The Bertz CT molecular complexity index is 811. The molecule has 0 saturated heterocycles. The highest BCUT2D eigenvalue weighted by atomic mass is 32.2. The number of benzene rings is 2. The second-order valence-corrected chi connectivity index (χ2v) is 6.53. The molecule has 1 aliphatic heterocycles. The molecule has 0 amide bonds. The summed E-state index contributed by atoms with van der Waals surface area (Å²) < 4.78 is 39.2. The van der Waals surface area contributed by atoms with Gasteiger partial charge in [-0.05, 0) is 31.2 Å². The van der Waals surface area contributed by atoms with Gasteiger partial charge in [-0.2, -0.15) is 12.8 Å². The molecule has 3 rings (SSSR count). The van der Waals surface area contributed by atoms with Gasteiger partial charge >= 0.3 is 0 Å². The first kappa shape index (κ1) is 14.6. The van der Waals surface area contributed by atoms with Crippen molar-refractivity contribution in [3.8, 4) is 11.5 Å². The van der Waals surface area contributed by atoms with Crippen molar-refractivity contribution < 1.29 is 17.9 Å². The highest BCUT2D eigenvalue weighted by molar-refractivity contribution is 7.90. The lowest BCUT2D eigenvalue weighted by molar-refractivity contribution is 0.171. The average Bonchev–Trinajstić information content (AvgIpc) is 2.53. The van der Waals surface area contributed by atoms with Gasteiger partial charge in [0.2, 0.25) is 0 Å². The maximum atomic E-state index is 12.2. The molecule has 2 aromatic carbocycles. The smallest absolute Gasteiger partial charge is 0.282 e. The topological polar surface area (TPSA) is 65.0 Å². The van der Waals surface area contributed by atoms with Crippen molar-refractivity contribution in [3.63, 3.8) is 0 Å². The average molecular weight is 317 g/mol. The van der Waals surface area contributed by atoms with Crippen molar-refractivity contribution in [1.29, 1.82) is 0 Å². The number of para-hydroxylation sites is 1. The standard InChI is InChI=1S/C16H15NO4S/c1-12-5-7-14(8-6-12)22(18,19)17-11-13-3-2-4-15-16(13)21-10-9-20-15/h2-8,11H,9-10H2,1H3/b17-11+. The molecule has 0 aliphatic carbocycles. The molecule has 22 heavy (non-hydrogen) atoms. The Hall–Kier alpha value is -2.34. The second-order valence-electron chi connectivity index (χ2n) is 4.89. The minimum atomic E-state index is -3.73. The van der Waals surface area contributed by atoms with Crippen molar-refractivity contribution >= 4 is 16.2 Å². The van der Waals surface area contributed by atoms with Crippen LogP contribution in [0.5, 0.6) is 11.5 Å². The molecule has 0 bridgehead atoms. The summed E-state index contributed by atoms with van der Waals surface area (Å²) in [5.74, 6) is 1.12. The maximum absolute atomic E-state index is 12.2. The summed E-state index contributed by atoms with van der Waals surface area (Å²) in [5, 5.41) is 0. The van der Waals surface area contributed by atoms with Gasteiger partial charge in [-0.25, -0.2) is 0 Å². The summed E-state index contributed by atoms with van der Waals surface area (Å²) in [6.07, 6.45) is 1.29. The van der Waals surface area contributed by atoms with E-state index in [2.05, 4.69) is 4.40 Å². The van der Waals surface area contributed by atoms with Gasteiger partial charge in [-0.1, -0.05) is 23.8 Å². The third-order valence-electron chi connectivity index (χ3n) is 3.25. The molecule has 0 fully saturated rings. The minimum absolute atomic E-state index is 0.163. The third-order valence-corrected chi connectivity index (χ3v) is 4.50. The van der Waals surface area contributed by atoms with Gasteiger partial charge in [0.15, 0.2) is 11.5 Å². The highest BCUT2D eigenvalue weighted by Gasteiger charge is 2.16. The van der Waals surface area contributed by atoms with Crippen LogP contribution in [0.15, 0.2) is 51.8 Å². The fraction of sp³-hybridized carbons (Fsp3) is 0.188. The van der Waals surface area contributed by atoms with E-state index >= 15 is 0 Å². The van der Waals surface area contributed by atoms with Crippen molar-refractivity contribution in [2.45, 2.75) is 11.8 Å². The molecule has 0 unspecified atom stereocenters. The van der Waals surface area contributed by atoms with Crippen LogP contribution in [0.25, 0.3) is 0 Å². The van der Waals surface area contributed by atoms with Gasteiger partial charge in [0.1, 0.15) is 13.2 Å². The van der Waals surface area contributed by atoms with E-state index in [-0.39, 0.29) is 4.90 Å². The van der Waals surface area contributed by atoms with Gasteiger partial charge in [0, 0.05) is 5.56 Å². The third kappa shape index (κ3) is 2.96. The fourth-order valence-electron chi connectivity index (χ4n) is 2.10. The number of sulfonamides is 1. The van der Waals surface area contributed by atoms with E-state index in [1.54, 1.807) is 42.5 Å². The molecule has 1 aliphatic rings. The van der Waals surface area contributed by atoms with Crippen molar-refractivity contribution in [1.82, 2.24) is 0 Å². The molecule has 2 aromatic rings. The molecule has 114 valence electrons. The quantitative estimate of drug-likeness (QED) is 0.816. The fourth-order valence-corrected chi connectivity index (χ4v) is 2.95. The Morgan fingerprint density at radius 2 is 1.77 bits per heavy atom. The monoisotopic (exact) mass is 317 g/mol. The number of fused-ring (bicyclic) bond motifs is 1. The van der Waals surface area contributed by atoms with Gasteiger partial charge in [0.25, 0.3) is 10.0 Å². The number of rotatable bonds is 3. The molecule has 1 heterocycles. The molecular weight excluding hydrogens is 302 g/mol. The number of ether oxygens (including phenoxy) is 2. The van der Waals surface area contributed by atoms with E-state index in [9.17, 15) is 8.42 Å². The molecule has 0 radical (unpaired) electrons. The van der Waals surface area contributed by atoms with Crippen LogP contribution in [0.1, 0.15) is 11.1 Å². The molecule has 0 aromatic heterocycles. The van der Waals surface area contributed by atoms with Crippen LogP contribution in [0.2, 0.25) is 0 Å². The predicted octanol–water partition coefficient (Wildman–Crippen LogP) is 2.57. The van der Waals surface area contributed by atoms with Gasteiger partial charge < -0.3 is 9.47 Å². The van der Waals surface area contributed by atoms with Crippen LogP contribution in [0.4, 0.5) is 0 Å². The van der Waals surface area contributed by atoms with Crippen molar-refractivity contribution in [2.75, 3.05) is 13.2 Å². The molecular formula is C16H15NO4S. The van der Waals surface area contributed by atoms with Crippen LogP contribution in [0, 0.1) is 6.92 Å². The normalized spacial score (nSPS) is 14.2. The van der Waals surface area contributed by atoms with E-state index in [0.29, 0.717) is 30.3 Å². The maximum Gasteiger partial charge on any atom is 0.282 e. The molecule has 6 heteroatoms. The van der Waals surface area contributed by atoms with Gasteiger partial charge in [-0.3, -0.25) is 0 Å². The summed E-state index contributed by atoms with van der Waals surface area (Å²) in [7, 11) is -3.73. The first-order valence-corrected chi connectivity index (χ1v) is 8.26. The Labute approximate surface area is 129 Å². The first-order valence-electron chi connectivity index (χ1n) is 6.82. The van der Waals surface area contributed by atoms with Crippen LogP contribution >= 0.6 is 0 Å². The van der Waals surface area contributed by atoms with E-state index in [0.717, 1.165) is 5.56 Å². The zero-order valence-electron chi connectivity index (χ0n) is 12.0. The lowest BCUT2D eigenvalue weighted by Crippen LogP contribution is -2.16. The number of nitrogens with zero attached hydrogens (tertiary/aromatic N) is 1. The van der Waals surface area contributed by atoms with Crippen LogP contribution < -0.4 is 9.47 Å². The van der Waals surface area contributed by atoms with Crippen molar-refractivity contribution in [3.05, 3.63) is 53.6 Å². The Kier molecular flexibility index (Phi) is 3.85. The van der Waals surface area contributed by atoms with Crippen LogP contribution in [-0.2, 0) is 10.0 Å². The summed E-state index contributed by atoms with van der Waals surface area (Å²) in [4.78, 5) is 0.163. The van der Waals surface area contributed by atoms with Gasteiger partial charge in [0.05, 0.1) is 11.1 Å².